The minimum Gasteiger partial charge on any atom is -0.495 e. The number of nitrogens with zero attached hydrogens (tertiary/aromatic N) is 3. The second kappa shape index (κ2) is 7.22. The average Bonchev–Trinajstić information content (AvgIpc) is 3.02. The third-order valence-electron chi connectivity index (χ3n) is 3.83. The summed E-state index contributed by atoms with van der Waals surface area (Å²) in [4.78, 5) is 24.6. The molecule has 2 heterocycles. The predicted molar refractivity (Wildman–Crippen MR) is 94.2 cm³/mol. The van der Waals surface area contributed by atoms with E-state index in [0.29, 0.717) is 28.5 Å². The monoisotopic (exact) mass is 354 g/mol. The van der Waals surface area contributed by atoms with Gasteiger partial charge in [-0.1, -0.05) is 12.1 Å². The van der Waals surface area contributed by atoms with Crippen LogP contribution in [0, 0.1) is 6.92 Å². The summed E-state index contributed by atoms with van der Waals surface area (Å²) in [5.41, 5.74) is 1.43. The number of esters is 1. The Labute approximate surface area is 149 Å². The summed E-state index contributed by atoms with van der Waals surface area (Å²) in [5, 5.41) is 10.6. The fourth-order valence-electron chi connectivity index (χ4n) is 2.39. The topological polar surface area (TPSA) is 94.8 Å². The molecule has 0 aliphatic rings. The van der Waals surface area contributed by atoms with Gasteiger partial charge in [0.1, 0.15) is 11.6 Å². The van der Waals surface area contributed by atoms with Gasteiger partial charge >= 0.3 is 5.97 Å². The second-order valence-electron chi connectivity index (χ2n) is 5.63. The van der Waals surface area contributed by atoms with Crippen LogP contribution in [0.15, 0.2) is 42.6 Å². The van der Waals surface area contributed by atoms with Crippen LogP contribution < -0.4 is 10.1 Å². The van der Waals surface area contributed by atoms with Crippen molar-refractivity contribution in [3.05, 3.63) is 54.0 Å². The lowest BCUT2D eigenvalue weighted by atomic mass is 10.2. The molecule has 2 aromatic heterocycles. The molecule has 0 aliphatic heterocycles. The molecular weight excluding hydrogens is 336 g/mol. The number of pyridine rings is 1. The standard InChI is InChI=1S/C18H18N4O4/c1-11(17(23)19-14-6-4-5-7-15(14)25-3)26-18(24)13-8-9-16-21-20-12(2)22(16)10-13/h4-11H,1-3H3,(H,19,23). The molecule has 1 unspecified atom stereocenters. The number of nitrogens with one attached hydrogen (secondary N) is 1. The van der Waals surface area contributed by atoms with Crippen molar-refractivity contribution in [1.82, 2.24) is 14.6 Å². The molecule has 1 atom stereocenters. The number of aromatic nitrogens is 3. The number of carbonyl (C=O) groups excluding carboxylic acids is 2. The van der Waals surface area contributed by atoms with Gasteiger partial charge in [0, 0.05) is 6.20 Å². The zero-order valence-electron chi connectivity index (χ0n) is 14.6. The van der Waals surface area contributed by atoms with Crippen molar-refractivity contribution in [3.63, 3.8) is 0 Å². The van der Waals surface area contributed by atoms with Gasteiger partial charge in [-0.15, -0.1) is 10.2 Å². The summed E-state index contributed by atoms with van der Waals surface area (Å²) >= 11 is 0. The Morgan fingerprint density at radius 2 is 1.92 bits per heavy atom. The van der Waals surface area contributed by atoms with Gasteiger partial charge in [-0.25, -0.2) is 4.79 Å². The Balaban J connectivity index is 1.69. The van der Waals surface area contributed by atoms with Gasteiger partial charge < -0.3 is 14.8 Å². The summed E-state index contributed by atoms with van der Waals surface area (Å²) in [6.07, 6.45) is 0.600. The molecule has 8 heteroatoms. The van der Waals surface area contributed by atoms with E-state index >= 15 is 0 Å². The number of para-hydroxylation sites is 2. The first-order valence-corrected chi connectivity index (χ1v) is 7.96. The summed E-state index contributed by atoms with van der Waals surface area (Å²) in [6, 6.07) is 10.2. The highest BCUT2D eigenvalue weighted by Crippen LogP contribution is 2.23. The van der Waals surface area contributed by atoms with Crippen LogP contribution in [0.25, 0.3) is 5.65 Å². The van der Waals surface area contributed by atoms with Gasteiger partial charge in [0.05, 0.1) is 18.4 Å². The van der Waals surface area contributed by atoms with E-state index in [9.17, 15) is 9.59 Å². The van der Waals surface area contributed by atoms with E-state index in [4.69, 9.17) is 9.47 Å². The number of anilines is 1. The summed E-state index contributed by atoms with van der Waals surface area (Å²) in [6.45, 7) is 3.28. The molecule has 26 heavy (non-hydrogen) atoms. The smallest absolute Gasteiger partial charge is 0.340 e. The normalized spacial score (nSPS) is 11.8. The second-order valence-corrected chi connectivity index (χ2v) is 5.63. The van der Waals surface area contributed by atoms with Gasteiger partial charge in [-0.2, -0.15) is 0 Å². The van der Waals surface area contributed by atoms with Crippen molar-refractivity contribution >= 4 is 23.2 Å². The van der Waals surface area contributed by atoms with E-state index in [1.165, 1.54) is 14.0 Å². The number of carbonyl (C=O) groups is 2. The molecule has 0 aliphatic carbocycles. The highest BCUT2D eigenvalue weighted by Gasteiger charge is 2.20. The predicted octanol–water partition coefficient (Wildman–Crippen LogP) is 2.23. The Bertz CT molecular complexity index is 967. The lowest BCUT2D eigenvalue weighted by Crippen LogP contribution is -2.30. The maximum absolute atomic E-state index is 12.3. The molecule has 1 aromatic carbocycles. The van der Waals surface area contributed by atoms with Crippen molar-refractivity contribution < 1.29 is 19.1 Å². The number of benzene rings is 1. The molecule has 0 radical (unpaired) electrons. The van der Waals surface area contributed by atoms with E-state index in [0.717, 1.165) is 0 Å². The van der Waals surface area contributed by atoms with Crippen LogP contribution in [0.3, 0.4) is 0 Å². The Morgan fingerprint density at radius 1 is 1.15 bits per heavy atom. The average molecular weight is 354 g/mol. The first-order chi connectivity index (χ1) is 12.5. The number of rotatable bonds is 5. The van der Waals surface area contributed by atoms with Crippen molar-refractivity contribution in [3.8, 4) is 5.75 Å². The van der Waals surface area contributed by atoms with Crippen LogP contribution >= 0.6 is 0 Å². The van der Waals surface area contributed by atoms with E-state index in [-0.39, 0.29) is 0 Å². The maximum Gasteiger partial charge on any atom is 0.340 e. The first-order valence-electron chi connectivity index (χ1n) is 7.96. The number of amides is 1. The van der Waals surface area contributed by atoms with Crippen molar-refractivity contribution in [2.24, 2.45) is 0 Å². The van der Waals surface area contributed by atoms with Crippen molar-refractivity contribution in [2.75, 3.05) is 12.4 Å². The fraction of sp³-hybridized carbons (Fsp3) is 0.222. The minimum absolute atomic E-state index is 0.303. The molecule has 8 nitrogen and oxygen atoms in total. The number of hydrogen-bond donors (Lipinski definition) is 1. The molecule has 0 saturated heterocycles. The van der Waals surface area contributed by atoms with E-state index in [1.54, 1.807) is 53.9 Å². The maximum atomic E-state index is 12.3. The Hall–Kier alpha value is -3.42. The van der Waals surface area contributed by atoms with Crippen molar-refractivity contribution in [1.29, 1.82) is 0 Å². The molecule has 1 N–H and O–H groups in total. The van der Waals surface area contributed by atoms with Crippen LogP contribution in [0.1, 0.15) is 23.1 Å². The van der Waals surface area contributed by atoms with Crippen LogP contribution in [0.4, 0.5) is 5.69 Å². The van der Waals surface area contributed by atoms with E-state index in [1.807, 2.05) is 0 Å². The third kappa shape index (κ3) is 3.49. The van der Waals surface area contributed by atoms with Crippen molar-refractivity contribution in [2.45, 2.75) is 20.0 Å². The van der Waals surface area contributed by atoms with Crippen LogP contribution in [0.5, 0.6) is 5.75 Å². The largest absolute Gasteiger partial charge is 0.495 e. The molecule has 134 valence electrons. The summed E-state index contributed by atoms with van der Waals surface area (Å²) < 4.78 is 12.1. The fourth-order valence-corrected chi connectivity index (χ4v) is 2.39. The highest BCUT2D eigenvalue weighted by atomic mass is 16.5. The third-order valence-corrected chi connectivity index (χ3v) is 3.83. The van der Waals surface area contributed by atoms with Gasteiger partial charge in [-0.3, -0.25) is 9.20 Å². The molecule has 0 saturated carbocycles. The zero-order chi connectivity index (χ0) is 18.7. The van der Waals surface area contributed by atoms with Crippen LogP contribution in [-0.4, -0.2) is 39.7 Å². The van der Waals surface area contributed by atoms with Gasteiger partial charge in [-0.05, 0) is 38.1 Å². The number of hydrogen-bond acceptors (Lipinski definition) is 6. The molecule has 0 fully saturated rings. The van der Waals surface area contributed by atoms with Crippen LogP contribution in [-0.2, 0) is 9.53 Å². The quantitative estimate of drug-likeness (QED) is 0.706. The summed E-state index contributed by atoms with van der Waals surface area (Å²) in [7, 11) is 1.51. The first kappa shape index (κ1) is 17.4. The number of fused-ring (bicyclic) bond motifs is 1. The molecular formula is C18H18N4O4. The molecule has 3 rings (SSSR count). The number of aryl methyl sites for hydroxylation is 1. The number of methoxy groups -OCH3 is 1. The zero-order valence-corrected chi connectivity index (χ0v) is 14.6. The van der Waals surface area contributed by atoms with E-state index < -0.39 is 18.0 Å². The van der Waals surface area contributed by atoms with Crippen LogP contribution in [0.2, 0.25) is 0 Å². The molecule has 3 aromatic rings. The molecule has 0 bridgehead atoms. The van der Waals surface area contributed by atoms with Gasteiger partial charge in [0.25, 0.3) is 5.91 Å². The number of ether oxygens (including phenoxy) is 2. The van der Waals surface area contributed by atoms with E-state index in [2.05, 4.69) is 15.5 Å². The highest BCUT2D eigenvalue weighted by molar-refractivity contribution is 5.98. The SMILES string of the molecule is COc1ccccc1NC(=O)C(C)OC(=O)c1ccc2nnc(C)n2c1. The molecule has 1 amide bonds. The Morgan fingerprint density at radius 3 is 2.69 bits per heavy atom. The Kier molecular flexibility index (Phi) is 4.83. The minimum atomic E-state index is -0.981. The molecule has 0 spiro atoms. The van der Waals surface area contributed by atoms with Gasteiger partial charge in [0.2, 0.25) is 0 Å². The van der Waals surface area contributed by atoms with Gasteiger partial charge in [0.15, 0.2) is 11.8 Å². The summed E-state index contributed by atoms with van der Waals surface area (Å²) in [5.74, 6) is 0.108. The lowest BCUT2D eigenvalue weighted by Gasteiger charge is -2.15. The lowest BCUT2D eigenvalue weighted by molar-refractivity contribution is -0.123.